The van der Waals surface area contributed by atoms with E-state index in [2.05, 4.69) is 140 Å². The van der Waals surface area contributed by atoms with Gasteiger partial charge in [0.1, 0.15) is 0 Å². The number of benzene rings is 6. The first-order valence-electron chi connectivity index (χ1n) is 12.9. The van der Waals surface area contributed by atoms with Gasteiger partial charge >= 0.3 is 229 Å². The van der Waals surface area contributed by atoms with Crippen LogP contribution in [0.1, 0.15) is 17.2 Å². The summed E-state index contributed by atoms with van der Waals surface area (Å²) in [5.41, 5.74) is 2.33. The van der Waals surface area contributed by atoms with Gasteiger partial charge in [-0.15, -0.1) is 0 Å². The average Bonchev–Trinajstić information content (AvgIpc) is 3.33. The monoisotopic (exact) mass is 528 g/mol. The number of rotatable bonds is 4. The van der Waals surface area contributed by atoms with E-state index in [1.54, 1.807) is 0 Å². The average molecular weight is 529 g/mol. The Morgan fingerprint density at radius 3 is 1.55 bits per heavy atom. The van der Waals surface area contributed by atoms with Crippen molar-refractivity contribution >= 4 is 50.4 Å². The van der Waals surface area contributed by atoms with Crippen molar-refractivity contribution in [3.05, 3.63) is 168 Å². The summed E-state index contributed by atoms with van der Waals surface area (Å²) < 4.78 is 7.89. The standard InChI is InChI=1S/C35H26ClOP/c36-28-23-20-27(21-24-28)35-34-32-19-11-10-12-26(32)22-25-33(34)38(37-35,29-13-4-1-5-14-29,30-15-6-2-7-16-30)31-17-8-3-9-18-31/h1-25,35H. The number of halogens is 1. The fourth-order valence-electron chi connectivity index (χ4n) is 6.30. The Labute approximate surface area is 228 Å². The summed E-state index contributed by atoms with van der Waals surface area (Å²) in [5, 5.41) is 8.01. The molecule has 0 bridgehead atoms. The fraction of sp³-hybridized carbons (Fsp3) is 0.0286. The summed E-state index contributed by atoms with van der Waals surface area (Å²) in [6, 6.07) is 54.0. The van der Waals surface area contributed by atoms with E-state index in [-0.39, 0.29) is 6.10 Å². The van der Waals surface area contributed by atoms with Crippen LogP contribution in [-0.2, 0) is 4.52 Å². The summed E-state index contributed by atoms with van der Waals surface area (Å²) >= 11 is 6.35. The first kappa shape index (κ1) is 23.4. The molecule has 184 valence electrons. The topological polar surface area (TPSA) is 9.23 Å². The molecule has 1 heterocycles. The van der Waals surface area contributed by atoms with Gasteiger partial charge in [0.25, 0.3) is 0 Å². The minimum absolute atomic E-state index is 0.272. The first-order valence-corrected chi connectivity index (χ1v) is 15.4. The van der Waals surface area contributed by atoms with Crippen molar-refractivity contribution in [3.8, 4) is 0 Å². The van der Waals surface area contributed by atoms with Gasteiger partial charge in [0.2, 0.25) is 0 Å². The third-order valence-corrected chi connectivity index (χ3v) is 13.9. The second kappa shape index (κ2) is 8.93. The van der Waals surface area contributed by atoms with Gasteiger partial charge in [-0.05, 0) is 0 Å². The molecule has 1 aliphatic heterocycles. The molecule has 0 amide bonds. The molecule has 0 saturated heterocycles. The van der Waals surface area contributed by atoms with Crippen molar-refractivity contribution in [2.75, 3.05) is 0 Å². The molecule has 1 aliphatic rings. The molecule has 0 aliphatic carbocycles. The quantitative estimate of drug-likeness (QED) is 0.213. The molecule has 6 aromatic carbocycles. The molecule has 1 atom stereocenters. The van der Waals surface area contributed by atoms with Gasteiger partial charge in [-0.1, -0.05) is 0 Å². The molecular formula is C35H26ClOP. The van der Waals surface area contributed by atoms with E-state index in [0.717, 1.165) is 10.6 Å². The molecule has 1 unspecified atom stereocenters. The zero-order valence-electron chi connectivity index (χ0n) is 20.7. The number of hydrogen-bond acceptors (Lipinski definition) is 1. The van der Waals surface area contributed by atoms with Crippen LogP contribution in [0.3, 0.4) is 0 Å². The number of fused-ring (bicyclic) bond motifs is 3. The summed E-state index contributed by atoms with van der Waals surface area (Å²) in [6.07, 6.45) is -0.272. The van der Waals surface area contributed by atoms with Crippen molar-refractivity contribution in [3.63, 3.8) is 0 Å². The van der Waals surface area contributed by atoms with E-state index in [0.29, 0.717) is 0 Å². The van der Waals surface area contributed by atoms with Gasteiger partial charge in [0.15, 0.2) is 0 Å². The maximum absolute atomic E-state index is 7.89. The van der Waals surface area contributed by atoms with E-state index in [1.165, 1.54) is 37.6 Å². The van der Waals surface area contributed by atoms with Gasteiger partial charge in [-0.2, -0.15) is 0 Å². The Hall–Kier alpha value is -3.74. The molecule has 3 heteroatoms. The molecule has 0 spiro atoms. The Bertz CT molecular complexity index is 1650. The van der Waals surface area contributed by atoms with Crippen LogP contribution in [0.15, 0.2) is 152 Å². The van der Waals surface area contributed by atoms with Crippen molar-refractivity contribution in [2.24, 2.45) is 0 Å². The Kier molecular flexibility index (Phi) is 5.49. The van der Waals surface area contributed by atoms with E-state index in [1.807, 2.05) is 12.1 Å². The zero-order valence-corrected chi connectivity index (χ0v) is 22.4. The molecular weight excluding hydrogens is 503 g/mol. The predicted octanol–water partition coefficient (Wildman–Crippen LogP) is 7.68. The van der Waals surface area contributed by atoms with E-state index in [9.17, 15) is 0 Å². The second-order valence-electron chi connectivity index (χ2n) is 9.80. The molecule has 0 aromatic heterocycles. The molecule has 7 rings (SSSR count). The van der Waals surface area contributed by atoms with E-state index >= 15 is 0 Å². The molecule has 0 radical (unpaired) electrons. The molecule has 6 aromatic rings. The normalized spacial score (nSPS) is 18.3. The van der Waals surface area contributed by atoms with Crippen LogP contribution in [0.4, 0.5) is 0 Å². The van der Waals surface area contributed by atoms with Crippen molar-refractivity contribution in [1.82, 2.24) is 0 Å². The van der Waals surface area contributed by atoms with Crippen molar-refractivity contribution in [2.45, 2.75) is 6.10 Å². The SMILES string of the molecule is Clc1ccc(C2OP(c3ccccc3)(c3ccccc3)(c3ccccc3)c3ccc4ccccc4c32)cc1. The summed E-state index contributed by atoms with van der Waals surface area (Å²) in [7, 11) is 0. The molecule has 38 heavy (non-hydrogen) atoms. The molecule has 0 saturated carbocycles. The Morgan fingerprint density at radius 1 is 0.500 bits per heavy atom. The van der Waals surface area contributed by atoms with Crippen LogP contribution in [-0.4, -0.2) is 0 Å². The second-order valence-corrected chi connectivity index (χ2v) is 14.5. The van der Waals surface area contributed by atoms with Crippen molar-refractivity contribution in [1.29, 1.82) is 0 Å². The van der Waals surface area contributed by atoms with Gasteiger partial charge in [0.05, 0.1) is 0 Å². The van der Waals surface area contributed by atoms with E-state index in [4.69, 9.17) is 16.1 Å². The van der Waals surface area contributed by atoms with Crippen LogP contribution < -0.4 is 21.2 Å². The third-order valence-electron chi connectivity index (χ3n) is 7.91. The number of hydrogen-bond donors (Lipinski definition) is 0. The van der Waals surface area contributed by atoms with Crippen molar-refractivity contribution < 1.29 is 4.52 Å². The molecule has 0 fully saturated rings. The summed E-state index contributed by atoms with van der Waals surface area (Å²) in [4.78, 5) is 0. The minimum atomic E-state index is -3.68. The van der Waals surface area contributed by atoms with Crippen LogP contribution >= 0.6 is 18.4 Å². The van der Waals surface area contributed by atoms with Crippen LogP contribution in [0.2, 0.25) is 5.02 Å². The van der Waals surface area contributed by atoms with Gasteiger partial charge in [0, 0.05) is 0 Å². The van der Waals surface area contributed by atoms with Gasteiger partial charge in [-0.25, -0.2) is 0 Å². The van der Waals surface area contributed by atoms with Gasteiger partial charge in [-0.3, -0.25) is 0 Å². The molecule has 0 N–H and O–H groups in total. The van der Waals surface area contributed by atoms with Crippen LogP contribution in [0.5, 0.6) is 0 Å². The Morgan fingerprint density at radius 2 is 1.00 bits per heavy atom. The first-order chi connectivity index (χ1) is 18.7. The third kappa shape index (κ3) is 3.14. The zero-order chi connectivity index (χ0) is 25.6. The van der Waals surface area contributed by atoms with Gasteiger partial charge < -0.3 is 0 Å². The molecule has 1 nitrogen and oxygen atoms in total. The van der Waals surface area contributed by atoms with Crippen LogP contribution in [0.25, 0.3) is 10.8 Å². The Balaban J connectivity index is 1.73. The predicted molar refractivity (Wildman–Crippen MR) is 163 cm³/mol. The van der Waals surface area contributed by atoms with Crippen LogP contribution in [0, 0.1) is 0 Å². The fourth-order valence-corrected chi connectivity index (χ4v) is 12.6. The van der Waals surface area contributed by atoms with E-state index < -0.39 is 6.83 Å². The summed E-state index contributed by atoms with van der Waals surface area (Å²) in [5.74, 6) is 0. The maximum atomic E-state index is 7.89. The summed E-state index contributed by atoms with van der Waals surface area (Å²) in [6.45, 7) is -3.68.